The van der Waals surface area contributed by atoms with Crippen LogP contribution < -0.4 is 0 Å². The van der Waals surface area contributed by atoms with E-state index in [4.69, 9.17) is 5.26 Å². The Morgan fingerprint density at radius 3 is 3.00 bits per heavy atom. The molecule has 0 fully saturated rings. The minimum atomic E-state index is 0.276. The predicted octanol–water partition coefficient (Wildman–Crippen LogP) is 1.58. The van der Waals surface area contributed by atoms with Crippen molar-refractivity contribution < 1.29 is 0 Å². The van der Waals surface area contributed by atoms with Gasteiger partial charge in [-0.15, -0.1) is 0 Å². The van der Waals surface area contributed by atoms with Crippen LogP contribution in [-0.4, -0.2) is 19.3 Å². The highest BCUT2D eigenvalue weighted by Gasteiger charge is 2.09. The van der Waals surface area contributed by atoms with Crippen molar-refractivity contribution in [1.82, 2.24) is 19.3 Å². The molecule has 5 nitrogen and oxygen atoms in total. The second-order valence-electron chi connectivity index (χ2n) is 3.85. The summed E-state index contributed by atoms with van der Waals surface area (Å²) in [6.07, 6.45) is 3.42. The van der Waals surface area contributed by atoms with E-state index in [0.29, 0.717) is 12.2 Å². The van der Waals surface area contributed by atoms with Crippen molar-refractivity contribution >= 4 is 0 Å². The molecule has 2 aromatic rings. The first-order valence-electron chi connectivity index (χ1n) is 5.16. The first-order valence-corrected chi connectivity index (χ1v) is 5.16. The monoisotopic (exact) mass is 215 g/mol. The van der Waals surface area contributed by atoms with Gasteiger partial charge >= 0.3 is 0 Å². The fraction of sp³-hybridized carbons (Fsp3) is 0.364. The average Bonchev–Trinajstić information content (AvgIpc) is 2.86. The highest BCUT2D eigenvalue weighted by atomic mass is 15.4. The van der Waals surface area contributed by atoms with Crippen LogP contribution in [0.5, 0.6) is 0 Å². The Labute approximate surface area is 94.0 Å². The second kappa shape index (κ2) is 4.19. The minimum absolute atomic E-state index is 0.276. The molecule has 0 radical (unpaired) electrons. The number of hydrogen-bond acceptors (Lipinski definition) is 3. The summed E-state index contributed by atoms with van der Waals surface area (Å²) in [6.45, 7) is 4.69. The summed E-state index contributed by atoms with van der Waals surface area (Å²) in [5.74, 6) is 0.864. The van der Waals surface area contributed by atoms with E-state index in [2.05, 4.69) is 30.0 Å². The lowest BCUT2D eigenvalue weighted by Gasteiger charge is -2.10. The molecule has 2 aromatic heterocycles. The van der Waals surface area contributed by atoms with E-state index in [-0.39, 0.29) is 6.04 Å². The van der Waals surface area contributed by atoms with E-state index in [0.717, 1.165) is 5.82 Å². The molecule has 0 unspecified atom stereocenters. The Morgan fingerprint density at radius 2 is 2.31 bits per heavy atom. The van der Waals surface area contributed by atoms with Gasteiger partial charge in [-0.25, -0.2) is 9.67 Å². The minimum Gasteiger partial charge on any atom is -0.332 e. The van der Waals surface area contributed by atoms with Crippen molar-refractivity contribution in [1.29, 1.82) is 5.26 Å². The SMILES string of the molecule is CC(C)n1ncnc1Cn1cccc1C#N. The molecular formula is C11H13N5. The lowest BCUT2D eigenvalue weighted by Crippen LogP contribution is -2.12. The first-order chi connectivity index (χ1) is 7.72. The van der Waals surface area contributed by atoms with Gasteiger partial charge in [-0.1, -0.05) is 0 Å². The maximum absolute atomic E-state index is 8.90. The van der Waals surface area contributed by atoms with E-state index >= 15 is 0 Å². The average molecular weight is 215 g/mol. The summed E-state index contributed by atoms with van der Waals surface area (Å²) in [4.78, 5) is 4.21. The maximum Gasteiger partial charge on any atom is 0.147 e. The van der Waals surface area contributed by atoms with Crippen LogP contribution >= 0.6 is 0 Å². The summed E-state index contributed by atoms with van der Waals surface area (Å²) in [5, 5.41) is 13.1. The highest BCUT2D eigenvalue weighted by molar-refractivity contribution is 5.22. The molecule has 0 aliphatic carbocycles. The Hall–Kier alpha value is -2.09. The van der Waals surface area contributed by atoms with Crippen LogP contribution in [0.3, 0.4) is 0 Å². The molecule has 0 amide bonds. The number of nitrogens with zero attached hydrogens (tertiary/aromatic N) is 5. The molecule has 16 heavy (non-hydrogen) atoms. The number of hydrogen-bond donors (Lipinski definition) is 0. The summed E-state index contributed by atoms with van der Waals surface area (Å²) in [5.41, 5.74) is 0.637. The van der Waals surface area contributed by atoms with Crippen molar-refractivity contribution in [3.05, 3.63) is 36.2 Å². The predicted molar refractivity (Wildman–Crippen MR) is 58.7 cm³/mol. The van der Waals surface area contributed by atoms with Gasteiger partial charge in [-0.2, -0.15) is 10.4 Å². The van der Waals surface area contributed by atoms with Gasteiger partial charge in [0.05, 0.1) is 6.54 Å². The zero-order valence-corrected chi connectivity index (χ0v) is 9.33. The highest BCUT2D eigenvalue weighted by Crippen LogP contribution is 2.09. The molecule has 0 bridgehead atoms. The molecule has 2 heterocycles. The van der Waals surface area contributed by atoms with Gasteiger partial charge in [-0.3, -0.25) is 0 Å². The zero-order chi connectivity index (χ0) is 11.5. The van der Waals surface area contributed by atoms with Crippen LogP contribution in [0.15, 0.2) is 24.7 Å². The molecule has 0 saturated heterocycles. The van der Waals surface area contributed by atoms with Crippen LogP contribution in [0.2, 0.25) is 0 Å². The molecule has 0 saturated carbocycles. The van der Waals surface area contributed by atoms with Gasteiger partial charge < -0.3 is 4.57 Å². The van der Waals surface area contributed by atoms with E-state index in [9.17, 15) is 0 Å². The molecular weight excluding hydrogens is 202 g/mol. The van der Waals surface area contributed by atoms with E-state index in [1.54, 1.807) is 12.4 Å². The fourth-order valence-corrected chi connectivity index (χ4v) is 1.62. The van der Waals surface area contributed by atoms with E-state index in [1.165, 1.54) is 0 Å². The van der Waals surface area contributed by atoms with E-state index in [1.807, 2.05) is 21.5 Å². The molecule has 0 spiro atoms. The first kappa shape index (κ1) is 10.4. The third-order valence-corrected chi connectivity index (χ3v) is 2.39. The van der Waals surface area contributed by atoms with Crippen LogP contribution in [0.25, 0.3) is 0 Å². The molecule has 5 heteroatoms. The molecule has 0 aliphatic rings. The summed E-state index contributed by atoms with van der Waals surface area (Å²) < 4.78 is 3.73. The zero-order valence-electron chi connectivity index (χ0n) is 9.33. The maximum atomic E-state index is 8.90. The second-order valence-corrected chi connectivity index (χ2v) is 3.85. The lowest BCUT2D eigenvalue weighted by molar-refractivity contribution is 0.496. The van der Waals surface area contributed by atoms with Gasteiger partial charge in [0.1, 0.15) is 23.9 Å². The molecule has 82 valence electrons. The van der Waals surface area contributed by atoms with Crippen molar-refractivity contribution in [3.63, 3.8) is 0 Å². The lowest BCUT2D eigenvalue weighted by atomic mass is 10.4. The Bertz CT molecular complexity index is 514. The molecule has 2 rings (SSSR count). The smallest absolute Gasteiger partial charge is 0.147 e. The molecule has 0 aliphatic heterocycles. The van der Waals surface area contributed by atoms with Gasteiger partial charge in [0.25, 0.3) is 0 Å². The van der Waals surface area contributed by atoms with Gasteiger partial charge in [0, 0.05) is 12.2 Å². The molecule has 0 N–H and O–H groups in total. The number of nitriles is 1. The van der Waals surface area contributed by atoms with Crippen molar-refractivity contribution in [2.24, 2.45) is 0 Å². The third kappa shape index (κ3) is 1.82. The third-order valence-electron chi connectivity index (χ3n) is 2.39. The summed E-state index contributed by atoms with van der Waals surface area (Å²) in [7, 11) is 0. The van der Waals surface area contributed by atoms with Crippen LogP contribution in [0.4, 0.5) is 0 Å². The van der Waals surface area contributed by atoms with Crippen LogP contribution in [0.1, 0.15) is 31.4 Å². The Morgan fingerprint density at radius 1 is 1.50 bits per heavy atom. The van der Waals surface area contributed by atoms with Gasteiger partial charge in [0.15, 0.2) is 0 Å². The molecule has 0 aromatic carbocycles. The quantitative estimate of drug-likeness (QED) is 0.781. The van der Waals surface area contributed by atoms with Crippen LogP contribution in [-0.2, 0) is 6.54 Å². The van der Waals surface area contributed by atoms with Gasteiger partial charge in [-0.05, 0) is 26.0 Å². The summed E-state index contributed by atoms with van der Waals surface area (Å²) >= 11 is 0. The van der Waals surface area contributed by atoms with Gasteiger partial charge in [0.2, 0.25) is 0 Å². The van der Waals surface area contributed by atoms with Crippen LogP contribution in [0, 0.1) is 11.3 Å². The fourth-order valence-electron chi connectivity index (χ4n) is 1.62. The Kier molecular flexibility index (Phi) is 2.73. The van der Waals surface area contributed by atoms with Crippen molar-refractivity contribution in [3.8, 4) is 6.07 Å². The van der Waals surface area contributed by atoms with E-state index < -0.39 is 0 Å². The summed E-state index contributed by atoms with van der Waals surface area (Å²) in [6, 6.07) is 6.06. The van der Waals surface area contributed by atoms with Crippen molar-refractivity contribution in [2.45, 2.75) is 26.4 Å². The van der Waals surface area contributed by atoms with Crippen molar-refractivity contribution in [2.75, 3.05) is 0 Å². The largest absolute Gasteiger partial charge is 0.332 e. The normalized spacial score (nSPS) is 10.6. The molecule has 0 atom stereocenters. The number of aromatic nitrogens is 4. The standard InChI is InChI=1S/C11H13N5/c1-9(2)16-11(13-8-14-16)7-15-5-3-4-10(15)6-12/h3-5,8-9H,7H2,1-2H3. The Balaban J connectivity index is 2.28. The number of rotatable bonds is 3. The topological polar surface area (TPSA) is 59.4 Å².